The Morgan fingerprint density at radius 3 is 2.50 bits per heavy atom. The lowest BCUT2D eigenvalue weighted by atomic mass is 10.5. The van der Waals surface area contributed by atoms with E-state index in [1.165, 1.54) is 0 Å². The molecule has 0 aromatic carbocycles. The molecule has 0 bridgehead atoms. The second-order valence-electron chi connectivity index (χ2n) is 1.93. The zero-order valence-electron chi connectivity index (χ0n) is 5.88. The molecule has 0 radical (unpaired) electrons. The Hall–Kier alpha value is -0.680. The standard InChI is InChI=1S/C5H10N2O2S/c1-3(2)9-5(8)4(10)7-6/h3H,6H2,1-2H3,(H,7,10). The normalized spacial score (nSPS) is 9.20. The van der Waals surface area contributed by atoms with Gasteiger partial charge in [-0.3, -0.25) is 0 Å². The Balaban J connectivity index is 3.74. The smallest absolute Gasteiger partial charge is 0.367 e. The minimum Gasteiger partial charge on any atom is -0.458 e. The average Bonchev–Trinajstić information content (AvgIpc) is 1.85. The lowest BCUT2D eigenvalue weighted by molar-refractivity contribution is -0.139. The van der Waals surface area contributed by atoms with Crippen LogP contribution in [0.5, 0.6) is 0 Å². The van der Waals surface area contributed by atoms with Crippen LogP contribution < -0.4 is 11.3 Å². The van der Waals surface area contributed by atoms with Crippen LogP contribution in [0.3, 0.4) is 0 Å². The molecule has 0 rings (SSSR count). The monoisotopic (exact) mass is 162 g/mol. The van der Waals surface area contributed by atoms with Gasteiger partial charge in [-0.15, -0.1) is 0 Å². The summed E-state index contributed by atoms with van der Waals surface area (Å²) in [5.74, 6) is 4.27. The topological polar surface area (TPSA) is 64.3 Å². The average molecular weight is 162 g/mol. The van der Waals surface area contributed by atoms with E-state index in [1.807, 2.05) is 5.43 Å². The minimum absolute atomic E-state index is 0.103. The number of esters is 1. The van der Waals surface area contributed by atoms with Gasteiger partial charge in [0.05, 0.1) is 6.10 Å². The van der Waals surface area contributed by atoms with Crippen molar-refractivity contribution in [3.63, 3.8) is 0 Å². The van der Waals surface area contributed by atoms with E-state index < -0.39 is 5.97 Å². The first kappa shape index (κ1) is 9.32. The number of nitrogens with two attached hydrogens (primary N) is 1. The van der Waals surface area contributed by atoms with Gasteiger partial charge in [-0.2, -0.15) is 0 Å². The molecule has 3 N–H and O–H groups in total. The highest BCUT2D eigenvalue weighted by Crippen LogP contribution is 1.88. The summed E-state index contributed by atoms with van der Waals surface area (Å²) in [6.45, 7) is 3.47. The third-order valence-electron chi connectivity index (χ3n) is 0.659. The molecule has 10 heavy (non-hydrogen) atoms. The van der Waals surface area contributed by atoms with E-state index in [4.69, 9.17) is 5.84 Å². The molecule has 0 unspecified atom stereocenters. The van der Waals surface area contributed by atoms with Gasteiger partial charge in [0.15, 0.2) is 4.99 Å². The van der Waals surface area contributed by atoms with Crippen LogP contribution in [0.25, 0.3) is 0 Å². The van der Waals surface area contributed by atoms with E-state index in [9.17, 15) is 4.79 Å². The molecule has 0 aliphatic rings. The van der Waals surface area contributed by atoms with Crippen LogP contribution in [-0.4, -0.2) is 17.1 Å². The van der Waals surface area contributed by atoms with Crippen molar-refractivity contribution < 1.29 is 9.53 Å². The number of rotatable bonds is 1. The lowest BCUT2D eigenvalue weighted by Gasteiger charge is -2.06. The van der Waals surface area contributed by atoms with E-state index in [1.54, 1.807) is 13.8 Å². The van der Waals surface area contributed by atoms with Crippen LogP contribution >= 0.6 is 12.2 Å². The first-order valence-electron chi connectivity index (χ1n) is 2.79. The number of hydrogen-bond donors (Lipinski definition) is 2. The Labute approximate surface area is 64.7 Å². The van der Waals surface area contributed by atoms with Crippen molar-refractivity contribution in [1.82, 2.24) is 5.43 Å². The summed E-state index contributed by atoms with van der Waals surface area (Å²) in [5.41, 5.74) is 2.03. The summed E-state index contributed by atoms with van der Waals surface area (Å²) in [6, 6.07) is 0. The van der Waals surface area contributed by atoms with Gasteiger partial charge >= 0.3 is 5.97 Å². The van der Waals surface area contributed by atoms with Crippen molar-refractivity contribution in [1.29, 1.82) is 0 Å². The summed E-state index contributed by atoms with van der Waals surface area (Å²) in [7, 11) is 0. The second-order valence-corrected chi connectivity index (χ2v) is 2.34. The molecule has 5 heteroatoms. The third kappa shape index (κ3) is 3.37. The number of thiocarbonyl (C=S) groups is 1. The van der Waals surface area contributed by atoms with Gasteiger partial charge in [-0.05, 0) is 13.8 Å². The number of ether oxygens (including phenoxy) is 1. The molecule has 0 aromatic rings. The molecule has 0 amide bonds. The van der Waals surface area contributed by atoms with Crippen molar-refractivity contribution in [2.75, 3.05) is 0 Å². The largest absolute Gasteiger partial charge is 0.458 e. The fraction of sp³-hybridized carbons (Fsp3) is 0.600. The third-order valence-corrected chi connectivity index (χ3v) is 0.944. The molecular weight excluding hydrogens is 152 g/mol. The molecular formula is C5H10N2O2S. The molecule has 0 atom stereocenters. The fourth-order valence-electron chi connectivity index (χ4n) is 0.327. The SMILES string of the molecule is CC(C)OC(=O)C(=S)NN. The Morgan fingerprint density at radius 2 is 2.20 bits per heavy atom. The zero-order chi connectivity index (χ0) is 8.15. The highest BCUT2D eigenvalue weighted by atomic mass is 32.1. The number of hydrogen-bond acceptors (Lipinski definition) is 4. The summed E-state index contributed by atoms with van der Waals surface area (Å²) < 4.78 is 4.68. The van der Waals surface area contributed by atoms with Crippen molar-refractivity contribution in [3.8, 4) is 0 Å². The predicted molar refractivity (Wildman–Crippen MR) is 41.1 cm³/mol. The molecule has 0 aliphatic heterocycles. The van der Waals surface area contributed by atoms with Crippen LogP contribution in [0.2, 0.25) is 0 Å². The van der Waals surface area contributed by atoms with E-state index in [0.717, 1.165) is 0 Å². The predicted octanol–water partition coefficient (Wildman–Crippen LogP) is -0.271. The van der Waals surface area contributed by atoms with Crippen LogP contribution in [0, 0.1) is 0 Å². The van der Waals surface area contributed by atoms with Crippen LogP contribution in [-0.2, 0) is 9.53 Å². The molecule has 0 aliphatic carbocycles. The first-order valence-corrected chi connectivity index (χ1v) is 3.20. The van der Waals surface area contributed by atoms with Gasteiger partial charge in [0, 0.05) is 0 Å². The molecule has 0 spiro atoms. The van der Waals surface area contributed by atoms with Gasteiger partial charge in [0.1, 0.15) is 0 Å². The zero-order valence-corrected chi connectivity index (χ0v) is 6.70. The quantitative estimate of drug-likeness (QED) is 0.240. The van der Waals surface area contributed by atoms with Gasteiger partial charge in [-0.1, -0.05) is 12.2 Å². The highest BCUT2D eigenvalue weighted by Gasteiger charge is 2.09. The maximum absolute atomic E-state index is 10.7. The van der Waals surface area contributed by atoms with Crippen molar-refractivity contribution in [2.45, 2.75) is 20.0 Å². The first-order chi connectivity index (χ1) is 4.57. The van der Waals surface area contributed by atoms with Crippen LogP contribution in [0.1, 0.15) is 13.8 Å². The highest BCUT2D eigenvalue weighted by molar-refractivity contribution is 7.81. The molecule has 0 heterocycles. The Bertz CT molecular complexity index is 147. The number of hydrazine groups is 1. The molecule has 4 nitrogen and oxygen atoms in total. The van der Waals surface area contributed by atoms with E-state index in [2.05, 4.69) is 17.0 Å². The van der Waals surface area contributed by atoms with E-state index in [-0.39, 0.29) is 11.1 Å². The van der Waals surface area contributed by atoms with E-state index in [0.29, 0.717) is 0 Å². The van der Waals surface area contributed by atoms with Crippen molar-refractivity contribution in [3.05, 3.63) is 0 Å². The number of carbonyl (C=O) groups excluding carboxylic acids is 1. The number of nitrogens with one attached hydrogen (secondary N) is 1. The molecule has 0 saturated carbocycles. The molecule has 58 valence electrons. The fourth-order valence-corrected chi connectivity index (χ4v) is 0.375. The maximum atomic E-state index is 10.7. The lowest BCUT2D eigenvalue weighted by Crippen LogP contribution is -2.36. The summed E-state index contributed by atoms with van der Waals surface area (Å²) in [5, 5.41) is 0. The Kier molecular flexibility index (Phi) is 3.90. The van der Waals surface area contributed by atoms with Gasteiger partial charge in [0.2, 0.25) is 0 Å². The van der Waals surface area contributed by atoms with Gasteiger partial charge in [-0.25, -0.2) is 10.6 Å². The molecule has 0 saturated heterocycles. The van der Waals surface area contributed by atoms with Crippen LogP contribution in [0.15, 0.2) is 0 Å². The minimum atomic E-state index is -0.590. The van der Waals surface area contributed by atoms with E-state index >= 15 is 0 Å². The summed E-state index contributed by atoms with van der Waals surface area (Å²) in [4.78, 5) is 10.6. The van der Waals surface area contributed by atoms with Crippen molar-refractivity contribution in [2.24, 2.45) is 5.84 Å². The Morgan fingerprint density at radius 1 is 1.70 bits per heavy atom. The molecule has 0 aromatic heterocycles. The molecule has 0 fully saturated rings. The van der Waals surface area contributed by atoms with Crippen LogP contribution in [0.4, 0.5) is 0 Å². The second kappa shape index (κ2) is 4.19. The van der Waals surface area contributed by atoms with Gasteiger partial charge < -0.3 is 10.2 Å². The summed E-state index contributed by atoms with van der Waals surface area (Å²) >= 11 is 4.49. The van der Waals surface area contributed by atoms with Crippen molar-refractivity contribution >= 4 is 23.2 Å². The van der Waals surface area contributed by atoms with Gasteiger partial charge in [0.25, 0.3) is 0 Å². The summed E-state index contributed by atoms with van der Waals surface area (Å²) in [6.07, 6.45) is -0.168. The maximum Gasteiger partial charge on any atom is 0.367 e. The number of carbonyl (C=O) groups is 1.